The van der Waals surface area contributed by atoms with Gasteiger partial charge in [-0.05, 0) is 36.8 Å². The van der Waals surface area contributed by atoms with Crippen LogP contribution in [-0.2, 0) is 6.42 Å². The van der Waals surface area contributed by atoms with E-state index in [-0.39, 0.29) is 17.2 Å². The SMILES string of the molecule is Cc1ncccc1C(=O)Cc1ccc(F)cc1Cl. The van der Waals surface area contributed by atoms with Crippen molar-refractivity contribution in [3.63, 3.8) is 0 Å². The fraction of sp³-hybridized carbons (Fsp3) is 0.143. The zero-order chi connectivity index (χ0) is 13.1. The average Bonchev–Trinajstić information content (AvgIpc) is 2.33. The standard InChI is InChI=1S/C14H11ClFNO/c1-9-12(3-2-6-17-9)14(18)7-10-4-5-11(16)8-13(10)15/h2-6,8H,7H2,1H3. The number of nitrogens with zero attached hydrogens (tertiary/aromatic N) is 1. The summed E-state index contributed by atoms with van der Waals surface area (Å²) in [6, 6.07) is 7.47. The number of aryl methyl sites for hydroxylation is 1. The molecule has 0 radical (unpaired) electrons. The summed E-state index contributed by atoms with van der Waals surface area (Å²) in [6.45, 7) is 1.78. The summed E-state index contributed by atoms with van der Waals surface area (Å²) in [6.07, 6.45) is 1.78. The number of carbonyl (C=O) groups excluding carboxylic acids is 1. The van der Waals surface area contributed by atoms with Gasteiger partial charge >= 0.3 is 0 Å². The van der Waals surface area contributed by atoms with E-state index in [1.165, 1.54) is 18.2 Å². The fourth-order valence-corrected chi connectivity index (χ4v) is 1.95. The van der Waals surface area contributed by atoms with Gasteiger partial charge in [0, 0.05) is 28.9 Å². The molecule has 0 aliphatic heterocycles. The van der Waals surface area contributed by atoms with Gasteiger partial charge < -0.3 is 0 Å². The first-order valence-electron chi connectivity index (χ1n) is 5.46. The molecule has 0 atom stereocenters. The van der Waals surface area contributed by atoms with Crippen LogP contribution in [0.4, 0.5) is 4.39 Å². The molecule has 0 aliphatic rings. The van der Waals surface area contributed by atoms with Crippen LogP contribution in [0.3, 0.4) is 0 Å². The normalized spacial score (nSPS) is 10.4. The molecule has 0 unspecified atom stereocenters. The first-order chi connectivity index (χ1) is 8.58. The Labute approximate surface area is 109 Å². The molecule has 2 rings (SSSR count). The van der Waals surface area contributed by atoms with Crippen molar-refractivity contribution in [2.45, 2.75) is 13.3 Å². The fourth-order valence-electron chi connectivity index (χ4n) is 1.71. The lowest BCUT2D eigenvalue weighted by Gasteiger charge is -2.05. The lowest BCUT2D eigenvalue weighted by molar-refractivity contribution is 0.0992. The number of aromatic nitrogens is 1. The number of ketones is 1. The number of rotatable bonds is 3. The van der Waals surface area contributed by atoms with Gasteiger partial charge in [0.25, 0.3) is 0 Å². The van der Waals surface area contributed by atoms with Crippen LogP contribution in [-0.4, -0.2) is 10.8 Å². The Kier molecular flexibility index (Phi) is 3.72. The Bertz CT molecular complexity index is 598. The van der Waals surface area contributed by atoms with Gasteiger partial charge in [0.05, 0.1) is 0 Å². The average molecular weight is 264 g/mol. The van der Waals surface area contributed by atoms with Crippen molar-refractivity contribution >= 4 is 17.4 Å². The second-order valence-corrected chi connectivity index (χ2v) is 4.38. The van der Waals surface area contributed by atoms with Gasteiger partial charge in [-0.3, -0.25) is 9.78 Å². The summed E-state index contributed by atoms with van der Waals surface area (Å²) in [4.78, 5) is 16.1. The molecule has 1 heterocycles. The number of benzene rings is 1. The number of carbonyl (C=O) groups is 1. The Hall–Kier alpha value is -1.74. The van der Waals surface area contributed by atoms with Crippen LogP contribution < -0.4 is 0 Å². The smallest absolute Gasteiger partial charge is 0.169 e. The zero-order valence-electron chi connectivity index (χ0n) is 9.78. The van der Waals surface area contributed by atoms with E-state index in [2.05, 4.69) is 4.98 Å². The first kappa shape index (κ1) is 12.7. The molecule has 1 aromatic heterocycles. The van der Waals surface area contributed by atoms with Gasteiger partial charge in [0.2, 0.25) is 0 Å². The molecule has 0 spiro atoms. The Morgan fingerprint density at radius 3 is 2.83 bits per heavy atom. The quantitative estimate of drug-likeness (QED) is 0.792. The van der Waals surface area contributed by atoms with Crippen molar-refractivity contribution in [1.29, 1.82) is 0 Å². The molecule has 0 N–H and O–H groups in total. The maximum atomic E-state index is 12.9. The molecular formula is C14H11ClFNO. The van der Waals surface area contributed by atoms with E-state index in [1.54, 1.807) is 25.3 Å². The van der Waals surface area contributed by atoms with Gasteiger partial charge in [-0.25, -0.2) is 4.39 Å². The van der Waals surface area contributed by atoms with E-state index in [0.717, 1.165) is 0 Å². The van der Waals surface area contributed by atoms with Crippen LogP contribution >= 0.6 is 11.6 Å². The maximum Gasteiger partial charge on any atom is 0.169 e. The second-order valence-electron chi connectivity index (χ2n) is 3.97. The molecule has 2 aromatic rings. The van der Waals surface area contributed by atoms with Crippen molar-refractivity contribution in [3.05, 3.63) is 64.2 Å². The van der Waals surface area contributed by atoms with Crippen molar-refractivity contribution < 1.29 is 9.18 Å². The molecule has 0 aliphatic carbocycles. The van der Waals surface area contributed by atoms with Crippen LogP contribution in [0, 0.1) is 12.7 Å². The third kappa shape index (κ3) is 2.74. The molecular weight excluding hydrogens is 253 g/mol. The van der Waals surface area contributed by atoms with Gasteiger partial charge in [-0.1, -0.05) is 17.7 Å². The molecule has 0 fully saturated rings. The van der Waals surface area contributed by atoms with E-state index in [0.29, 0.717) is 16.8 Å². The first-order valence-corrected chi connectivity index (χ1v) is 5.84. The van der Waals surface area contributed by atoms with Gasteiger partial charge in [-0.15, -0.1) is 0 Å². The van der Waals surface area contributed by atoms with E-state index in [4.69, 9.17) is 11.6 Å². The Morgan fingerprint density at radius 2 is 2.17 bits per heavy atom. The third-order valence-corrected chi connectivity index (χ3v) is 3.03. The highest BCUT2D eigenvalue weighted by Gasteiger charge is 2.12. The monoisotopic (exact) mass is 263 g/mol. The molecule has 0 saturated carbocycles. The van der Waals surface area contributed by atoms with E-state index < -0.39 is 5.82 Å². The highest BCUT2D eigenvalue weighted by atomic mass is 35.5. The van der Waals surface area contributed by atoms with Crippen LogP contribution in [0.5, 0.6) is 0 Å². The molecule has 0 saturated heterocycles. The number of halogens is 2. The van der Waals surface area contributed by atoms with Crippen LogP contribution in [0.25, 0.3) is 0 Å². The minimum Gasteiger partial charge on any atom is -0.294 e. The summed E-state index contributed by atoms with van der Waals surface area (Å²) >= 11 is 5.89. The summed E-state index contributed by atoms with van der Waals surface area (Å²) in [5, 5.41) is 0.268. The Morgan fingerprint density at radius 1 is 1.39 bits per heavy atom. The van der Waals surface area contributed by atoms with Gasteiger partial charge in [-0.2, -0.15) is 0 Å². The number of Topliss-reactive ketones (excluding diaryl/α,β-unsaturated/α-hetero) is 1. The van der Waals surface area contributed by atoms with E-state index in [1.807, 2.05) is 0 Å². The number of pyridine rings is 1. The summed E-state index contributed by atoms with van der Waals surface area (Å²) in [5.41, 5.74) is 1.87. The van der Waals surface area contributed by atoms with Gasteiger partial charge in [0.15, 0.2) is 5.78 Å². The third-order valence-electron chi connectivity index (χ3n) is 2.67. The van der Waals surface area contributed by atoms with Crippen molar-refractivity contribution in [2.24, 2.45) is 0 Å². The summed E-state index contributed by atoms with van der Waals surface area (Å²) in [7, 11) is 0. The lowest BCUT2D eigenvalue weighted by Crippen LogP contribution is -2.07. The highest BCUT2D eigenvalue weighted by Crippen LogP contribution is 2.19. The maximum absolute atomic E-state index is 12.9. The lowest BCUT2D eigenvalue weighted by atomic mass is 10.0. The minimum atomic E-state index is -0.409. The van der Waals surface area contributed by atoms with Crippen molar-refractivity contribution in [2.75, 3.05) is 0 Å². The zero-order valence-corrected chi connectivity index (χ0v) is 10.5. The largest absolute Gasteiger partial charge is 0.294 e. The van der Waals surface area contributed by atoms with Crippen LogP contribution in [0.2, 0.25) is 5.02 Å². The Balaban J connectivity index is 2.24. The molecule has 4 heteroatoms. The van der Waals surface area contributed by atoms with Crippen molar-refractivity contribution in [3.8, 4) is 0 Å². The minimum absolute atomic E-state index is 0.0749. The van der Waals surface area contributed by atoms with E-state index >= 15 is 0 Å². The van der Waals surface area contributed by atoms with Crippen molar-refractivity contribution in [1.82, 2.24) is 4.98 Å². The molecule has 0 bridgehead atoms. The predicted octanol–water partition coefficient (Wildman–Crippen LogP) is 3.61. The van der Waals surface area contributed by atoms with Crippen LogP contribution in [0.1, 0.15) is 21.6 Å². The predicted molar refractivity (Wildman–Crippen MR) is 68.4 cm³/mol. The summed E-state index contributed by atoms with van der Waals surface area (Å²) in [5.74, 6) is -0.483. The molecule has 18 heavy (non-hydrogen) atoms. The van der Waals surface area contributed by atoms with Crippen LogP contribution in [0.15, 0.2) is 36.5 Å². The molecule has 0 amide bonds. The molecule has 92 valence electrons. The molecule has 1 aromatic carbocycles. The number of hydrogen-bond acceptors (Lipinski definition) is 2. The summed E-state index contributed by atoms with van der Waals surface area (Å²) < 4.78 is 12.9. The second kappa shape index (κ2) is 5.27. The van der Waals surface area contributed by atoms with E-state index in [9.17, 15) is 9.18 Å². The topological polar surface area (TPSA) is 30.0 Å². The number of hydrogen-bond donors (Lipinski definition) is 0. The molecule has 2 nitrogen and oxygen atoms in total. The van der Waals surface area contributed by atoms with Gasteiger partial charge in [0.1, 0.15) is 5.82 Å². The highest BCUT2D eigenvalue weighted by molar-refractivity contribution is 6.31.